The van der Waals surface area contributed by atoms with Crippen molar-refractivity contribution in [1.29, 1.82) is 0 Å². The summed E-state index contributed by atoms with van der Waals surface area (Å²) >= 11 is 1.48. The average Bonchev–Trinajstić information content (AvgIpc) is 2.94. The van der Waals surface area contributed by atoms with Crippen LogP contribution in [0.2, 0.25) is 0 Å². The van der Waals surface area contributed by atoms with Crippen LogP contribution in [0.4, 0.5) is 4.39 Å². The third-order valence-corrected chi connectivity index (χ3v) is 3.83. The third-order valence-electron chi connectivity index (χ3n) is 2.85. The number of hydrogen-bond donors (Lipinski definition) is 1. The number of furan rings is 1. The summed E-state index contributed by atoms with van der Waals surface area (Å²) in [6.45, 7) is 0. The smallest absolute Gasteiger partial charge is 0.159 e. The molecule has 0 aliphatic rings. The summed E-state index contributed by atoms with van der Waals surface area (Å²) in [6, 6.07) is 9.19. The zero-order valence-electron chi connectivity index (χ0n) is 11.3. The lowest BCUT2D eigenvalue weighted by Crippen LogP contribution is -2.34. The fourth-order valence-corrected chi connectivity index (χ4v) is 2.62. The molecule has 114 valence electrons. The molecule has 2 N–H and O–H groups in total. The Hall–Kier alpha value is -1.30. The van der Waals surface area contributed by atoms with Gasteiger partial charge in [0.1, 0.15) is 11.6 Å². The molecule has 0 amide bonds. The second kappa shape index (κ2) is 8.87. The summed E-state index contributed by atoms with van der Waals surface area (Å²) in [5.41, 5.74) is 6.73. The quantitative estimate of drug-likeness (QED) is 0.847. The molecule has 0 saturated heterocycles. The highest BCUT2D eigenvalue weighted by atomic mass is 35.5. The van der Waals surface area contributed by atoms with Gasteiger partial charge in [0, 0.05) is 0 Å². The minimum Gasteiger partial charge on any atom is -0.468 e. The molecule has 0 fully saturated rings. The van der Waals surface area contributed by atoms with Crippen molar-refractivity contribution in [2.45, 2.75) is 18.2 Å². The fourth-order valence-electron chi connectivity index (χ4n) is 1.74. The van der Waals surface area contributed by atoms with Gasteiger partial charge in [-0.2, -0.15) is 0 Å². The normalized spacial score (nSPS) is 11.7. The number of nitrogens with two attached hydrogens (primary N) is 1. The number of carbonyl (C=O) groups excluding carboxylic acids is 1. The van der Waals surface area contributed by atoms with Crippen LogP contribution in [-0.2, 0) is 17.0 Å². The molecule has 0 saturated carbocycles. The highest BCUT2D eigenvalue weighted by molar-refractivity contribution is 7.99. The maximum Gasteiger partial charge on any atom is 0.159 e. The Morgan fingerprint density at radius 3 is 2.62 bits per heavy atom. The number of rotatable bonds is 7. The number of benzene rings is 1. The van der Waals surface area contributed by atoms with Crippen LogP contribution >= 0.6 is 24.2 Å². The molecule has 1 atom stereocenters. The predicted octanol–water partition coefficient (Wildman–Crippen LogP) is 3.21. The Balaban J connectivity index is 0.00000220. The number of Topliss-reactive ketones (excluding diaryl/α,β-unsaturated/α-hetero) is 1. The average molecular weight is 330 g/mol. The van der Waals surface area contributed by atoms with Gasteiger partial charge < -0.3 is 10.2 Å². The second-order valence-electron chi connectivity index (χ2n) is 4.48. The van der Waals surface area contributed by atoms with E-state index in [0.29, 0.717) is 17.9 Å². The van der Waals surface area contributed by atoms with Crippen LogP contribution in [0.15, 0.2) is 47.1 Å². The van der Waals surface area contributed by atoms with E-state index in [-0.39, 0.29) is 24.0 Å². The molecule has 1 aromatic carbocycles. The third kappa shape index (κ3) is 5.91. The highest BCUT2D eigenvalue weighted by Crippen LogP contribution is 2.13. The molecule has 3 nitrogen and oxygen atoms in total. The second-order valence-corrected chi connectivity index (χ2v) is 5.46. The zero-order chi connectivity index (χ0) is 14.4. The summed E-state index contributed by atoms with van der Waals surface area (Å²) in [5.74, 6) is 1.55. The van der Waals surface area contributed by atoms with Crippen LogP contribution < -0.4 is 5.73 Å². The summed E-state index contributed by atoms with van der Waals surface area (Å²) in [4.78, 5) is 11.9. The maximum absolute atomic E-state index is 12.8. The maximum atomic E-state index is 12.8. The Morgan fingerprint density at radius 1 is 1.29 bits per heavy atom. The molecule has 1 heterocycles. The molecule has 0 aliphatic carbocycles. The molecule has 21 heavy (non-hydrogen) atoms. The number of hydrogen-bond acceptors (Lipinski definition) is 4. The molecule has 0 bridgehead atoms. The van der Waals surface area contributed by atoms with Gasteiger partial charge >= 0.3 is 0 Å². The molecule has 1 aromatic heterocycles. The fraction of sp³-hybridized carbons (Fsp3) is 0.267. The Labute approximate surface area is 133 Å². The standard InChI is InChI=1S/C15H16FNO2S.ClH/c16-12-5-3-11(4-6-12)8-14(17)15(18)10-20-9-13-2-1-7-19-13;/h1-7,14H,8-10,17H2;1H. The zero-order valence-corrected chi connectivity index (χ0v) is 13.0. The van der Waals surface area contributed by atoms with Crippen LogP contribution in [0.25, 0.3) is 0 Å². The molecular weight excluding hydrogens is 313 g/mol. The SMILES string of the molecule is Cl.NC(Cc1ccc(F)cc1)C(=O)CSCc1ccco1. The number of ketones is 1. The summed E-state index contributed by atoms with van der Waals surface area (Å²) in [5, 5.41) is 0. The molecular formula is C15H17ClFNO2S. The van der Waals surface area contributed by atoms with Gasteiger partial charge in [0.2, 0.25) is 0 Å². The van der Waals surface area contributed by atoms with Crippen molar-refractivity contribution < 1.29 is 13.6 Å². The van der Waals surface area contributed by atoms with E-state index in [9.17, 15) is 9.18 Å². The van der Waals surface area contributed by atoms with Crippen molar-refractivity contribution in [2.24, 2.45) is 5.73 Å². The van der Waals surface area contributed by atoms with Gasteiger partial charge in [0.25, 0.3) is 0 Å². The van der Waals surface area contributed by atoms with Crippen LogP contribution in [0.3, 0.4) is 0 Å². The molecule has 2 rings (SSSR count). The van der Waals surface area contributed by atoms with Crippen LogP contribution in [-0.4, -0.2) is 17.6 Å². The summed E-state index contributed by atoms with van der Waals surface area (Å²) in [7, 11) is 0. The predicted molar refractivity (Wildman–Crippen MR) is 85.2 cm³/mol. The minimum absolute atomic E-state index is 0. The van der Waals surface area contributed by atoms with E-state index in [0.717, 1.165) is 11.3 Å². The van der Waals surface area contributed by atoms with E-state index in [4.69, 9.17) is 10.2 Å². The minimum atomic E-state index is -0.551. The molecule has 6 heteroatoms. The Morgan fingerprint density at radius 2 is 2.00 bits per heavy atom. The van der Waals surface area contributed by atoms with Gasteiger partial charge in [-0.15, -0.1) is 24.2 Å². The van der Waals surface area contributed by atoms with Crippen molar-refractivity contribution in [3.05, 3.63) is 59.8 Å². The van der Waals surface area contributed by atoms with Crippen molar-refractivity contribution in [2.75, 3.05) is 5.75 Å². The largest absolute Gasteiger partial charge is 0.468 e. The topological polar surface area (TPSA) is 56.2 Å². The van der Waals surface area contributed by atoms with Gasteiger partial charge in [-0.05, 0) is 36.2 Å². The first-order valence-electron chi connectivity index (χ1n) is 6.28. The lowest BCUT2D eigenvalue weighted by atomic mass is 10.0. The molecule has 0 radical (unpaired) electrons. The van der Waals surface area contributed by atoms with Crippen LogP contribution in [0, 0.1) is 5.82 Å². The van der Waals surface area contributed by atoms with Crippen molar-refractivity contribution >= 4 is 30.0 Å². The Kier molecular flexibility index (Phi) is 7.50. The van der Waals surface area contributed by atoms with Crippen molar-refractivity contribution in [3.63, 3.8) is 0 Å². The molecule has 1 unspecified atom stereocenters. The monoisotopic (exact) mass is 329 g/mol. The van der Waals surface area contributed by atoms with Crippen molar-refractivity contribution in [3.8, 4) is 0 Å². The Bertz CT molecular complexity index is 545. The molecule has 0 spiro atoms. The van der Waals surface area contributed by atoms with Gasteiger partial charge in [0.15, 0.2) is 5.78 Å². The molecule has 0 aliphatic heterocycles. The van der Waals surface area contributed by atoms with Crippen LogP contribution in [0.5, 0.6) is 0 Å². The first-order valence-corrected chi connectivity index (χ1v) is 7.43. The van der Waals surface area contributed by atoms with Gasteiger partial charge in [-0.3, -0.25) is 4.79 Å². The first kappa shape index (κ1) is 17.8. The number of carbonyl (C=O) groups is 1. The van der Waals surface area contributed by atoms with Crippen LogP contribution in [0.1, 0.15) is 11.3 Å². The van der Waals surface area contributed by atoms with E-state index in [1.807, 2.05) is 12.1 Å². The van der Waals surface area contributed by atoms with E-state index >= 15 is 0 Å². The first-order chi connectivity index (χ1) is 9.65. The summed E-state index contributed by atoms with van der Waals surface area (Å²) in [6.07, 6.45) is 2.04. The van der Waals surface area contributed by atoms with E-state index in [1.54, 1.807) is 18.4 Å². The lowest BCUT2D eigenvalue weighted by Gasteiger charge is -2.10. The summed E-state index contributed by atoms with van der Waals surface area (Å²) < 4.78 is 18.0. The van der Waals surface area contributed by atoms with Gasteiger partial charge in [-0.25, -0.2) is 4.39 Å². The van der Waals surface area contributed by atoms with E-state index in [2.05, 4.69) is 0 Å². The van der Waals surface area contributed by atoms with E-state index < -0.39 is 6.04 Å². The highest BCUT2D eigenvalue weighted by Gasteiger charge is 2.14. The number of thioether (sulfide) groups is 1. The lowest BCUT2D eigenvalue weighted by molar-refractivity contribution is -0.117. The molecule has 2 aromatic rings. The number of halogens is 2. The van der Waals surface area contributed by atoms with Gasteiger partial charge in [-0.1, -0.05) is 12.1 Å². The van der Waals surface area contributed by atoms with Crippen molar-refractivity contribution in [1.82, 2.24) is 0 Å². The van der Waals surface area contributed by atoms with Gasteiger partial charge in [0.05, 0.1) is 23.8 Å². The van der Waals surface area contributed by atoms with E-state index in [1.165, 1.54) is 23.9 Å².